The summed E-state index contributed by atoms with van der Waals surface area (Å²) >= 11 is 0. The molecule has 2 unspecified atom stereocenters. The topological polar surface area (TPSA) is 125 Å². The summed E-state index contributed by atoms with van der Waals surface area (Å²) < 4.78 is 13.9. The molecule has 0 radical (unpaired) electrons. The molecule has 0 amide bonds. The van der Waals surface area contributed by atoms with Gasteiger partial charge in [0, 0.05) is 18.5 Å². The third-order valence-corrected chi connectivity index (χ3v) is 6.51. The minimum Gasteiger partial charge on any atom is -0.489 e. The van der Waals surface area contributed by atoms with Crippen LogP contribution in [0, 0.1) is 12.8 Å². The molecule has 192 valence electrons. The molecule has 36 heavy (non-hydrogen) atoms. The van der Waals surface area contributed by atoms with Gasteiger partial charge in [0.05, 0.1) is 29.1 Å². The first-order valence-electron chi connectivity index (χ1n) is 12.3. The molecule has 4 rings (SSSR count). The summed E-state index contributed by atoms with van der Waals surface area (Å²) in [6.07, 6.45) is 5.32. The molecule has 0 bridgehead atoms. The standard InChI is InChI=1S/C26H34N6O4/c1-16-21(36-18-9-7-6-8-17(12-18)25(33)34)11-10-19(29-16)24-20(32(5)31-30-24)14-35-23-13-22(26(2,3)4)27-15-28-23/h10-11,13,15,17-18H,6-9,12,14H2,1-5H3,(H,33,34). The second-order valence-corrected chi connectivity index (χ2v) is 10.4. The molecule has 3 aromatic rings. The van der Waals surface area contributed by atoms with Crippen LogP contribution in [0.15, 0.2) is 24.5 Å². The van der Waals surface area contributed by atoms with Crippen molar-refractivity contribution in [2.24, 2.45) is 13.0 Å². The van der Waals surface area contributed by atoms with Crippen molar-refractivity contribution in [3.05, 3.63) is 41.6 Å². The first kappa shape index (κ1) is 25.5. The summed E-state index contributed by atoms with van der Waals surface area (Å²) in [7, 11) is 1.81. The lowest BCUT2D eigenvalue weighted by atomic mass is 9.92. The highest BCUT2D eigenvalue weighted by molar-refractivity contribution is 5.70. The Morgan fingerprint density at radius 3 is 2.69 bits per heavy atom. The molecule has 10 heteroatoms. The van der Waals surface area contributed by atoms with E-state index in [0.29, 0.717) is 41.6 Å². The van der Waals surface area contributed by atoms with E-state index in [9.17, 15) is 9.90 Å². The molecule has 0 aromatic carbocycles. The van der Waals surface area contributed by atoms with Gasteiger partial charge in [-0.2, -0.15) is 0 Å². The van der Waals surface area contributed by atoms with E-state index in [1.807, 2.05) is 32.2 Å². The van der Waals surface area contributed by atoms with Crippen LogP contribution in [-0.2, 0) is 23.9 Å². The number of hydrogen-bond donors (Lipinski definition) is 1. The molecule has 1 fully saturated rings. The summed E-state index contributed by atoms with van der Waals surface area (Å²) in [5.41, 5.74) is 3.54. The number of carboxylic acid groups (broad SMARTS) is 1. The Hall–Kier alpha value is -3.56. The molecule has 1 saturated carbocycles. The van der Waals surface area contributed by atoms with Crippen molar-refractivity contribution in [2.45, 2.75) is 77.9 Å². The van der Waals surface area contributed by atoms with Crippen LogP contribution in [0.1, 0.15) is 70.0 Å². The highest BCUT2D eigenvalue weighted by Crippen LogP contribution is 2.30. The van der Waals surface area contributed by atoms with Crippen molar-refractivity contribution in [3.8, 4) is 23.0 Å². The predicted molar refractivity (Wildman–Crippen MR) is 133 cm³/mol. The first-order valence-corrected chi connectivity index (χ1v) is 12.3. The molecule has 3 aromatic heterocycles. The van der Waals surface area contributed by atoms with E-state index < -0.39 is 5.97 Å². The summed E-state index contributed by atoms with van der Waals surface area (Å²) in [5, 5.41) is 17.9. The SMILES string of the molecule is Cc1nc(-c2nnn(C)c2COc2cc(C(C)(C)C)ncn2)ccc1OC1CCCCC(C(=O)O)C1. The van der Waals surface area contributed by atoms with E-state index in [-0.39, 0.29) is 24.0 Å². The van der Waals surface area contributed by atoms with E-state index in [4.69, 9.17) is 14.5 Å². The zero-order valence-electron chi connectivity index (χ0n) is 21.6. The van der Waals surface area contributed by atoms with Crippen molar-refractivity contribution < 1.29 is 19.4 Å². The number of ether oxygens (including phenoxy) is 2. The highest BCUT2D eigenvalue weighted by atomic mass is 16.5. The molecule has 0 saturated heterocycles. The number of aliphatic carboxylic acids is 1. The smallest absolute Gasteiger partial charge is 0.306 e. The van der Waals surface area contributed by atoms with Crippen LogP contribution in [0.25, 0.3) is 11.4 Å². The van der Waals surface area contributed by atoms with Crippen LogP contribution in [0.2, 0.25) is 0 Å². The lowest BCUT2D eigenvalue weighted by molar-refractivity contribution is -0.142. The normalized spacial score (nSPS) is 18.5. The Bertz CT molecular complexity index is 1220. The van der Waals surface area contributed by atoms with Crippen LogP contribution < -0.4 is 9.47 Å². The van der Waals surface area contributed by atoms with Crippen LogP contribution in [0.3, 0.4) is 0 Å². The van der Waals surface area contributed by atoms with Gasteiger partial charge in [0.2, 0.25) is 5.88 Å². The molecule has 1 aliphatic rings. The second-order valence-electron chi connectivity index (χ2n) is 10.4. The predicted octanol–water partition coefficient (Wildman–Crippen LogP) is 4.26. The molecule has 10 nitrogen and oxygen atoms in total. The molecule has 1 N–H and O–H groups in total. The zero-order valence-corrected chi connectivity index (χ0v) is 21.6. The maximum absolute atomic E-state index is 11.5. The van der Waals surface area contributed by atoms with E-state index in [1.165, 1.54) is 6.33 Å². The molecule has 0 spiro atoms. The minimum atomic E-state index is -0.746. The fourth-order valence-corrected chi connectivity index (χ4v) is 4.34. The lowest BCUT2D eigenvalue weighted by Crippen LogP contribution is -2.23. The van der Waals surface area contributed by atoms with Gasteiger partial charge in [0.15, 0.2) is 0 Å². The van der Waals surface area contributed by atoms with Crippen LogP contribution in [0.4, 0.5) is 0 Å². The van der Waals surface area contributed by atoms with Crippen LogP contribution >= 0.6 is 0 Å². The molecular weight excluding hydrogens is 460 g/mol. The Labute approximate surface area is 211 Å². The molecule has 0 aliphatic heterocycles. The number of pyridine rings is 1. The van der Waals surface area contributed by atoms with E-state index in [0.717, 1.165) is 30.7 Å². The quantitative estimate of drug-likeness (QED) is 0.479. The lowest BCUT2D eigenvalue weighted by Gasteiger charge is -2.20. The molecule has 1 aliphatic carbocycles. The maximum atomic E-state index is 11.5. The number of aromatic nitrogens is 6. The van der Waals surface area contributed by atoms with Crippen molar-refractivity contribution in [1.82, 2.24) is 29.9 Å². The van der Waals surface area contributed by atoms with Gasteiger partial charge in [-0.15, -0.1) is 5.10 Å². The average Bonchev–Trinajstić information content (AvgIpc) is 3.03. The largest absolute Gasteiger partial charge is 0.489 e. The molecule has 2 atom stereocenters. The van der Waals surface area contributed by atoms with E-state index in [2.05, 4.69) is 41.1 Å². The number of aryl methyl sites for hydroxylation is 2. The van der Waals surface area contributed by atoms with Crippen molar-refractivity contribution in [3.63, 3.8) is 0 Å². The van der Waals surface area contributed by atoms with Gasteiger partial charge < -0.3 is 14.6 Å². The van der Waals surface area contributed by atoms with Gasteiger partial charge in [0.1, 0.15) is 30.1 Å². The summed E-state index contributed by atoms with van der Waals surface area (Å²) in [5.74, 6) is 0.0384. The molecular formula is C26H34N6O4. The van der Waals surface area contributed by atoms with E-state index in [1.54, 1.807) is 4.68 Å². The Kier molecular flexibility index (Phi) is 7.51. The van der Waals surface area contributed by atoms with Gasteiger partial charge >= 0.3 is 5.97 Å². The van der Waals surface area contributed by atoms with Gasteiger partial charge in [-0.05, 0) is 44.7 Å². The van der Waals surface area contributed by atoms with Crippen molar-refractivity contribution >= 4 is 5.97 Å². The second kappa shape index (κ2) is 10.6. The van der Waals surface area contributed by atoms with Crippen LogP contribution in [-0.4, -0.2) is 47.1 Å². The highest BCUT2D eigenvalue weighted by Gasteiger charge is 2.27. The Balaban J connectivity index is 1.49. The minimum absolute atomic E-state index is 0.114. The number of rotatable bonds is 7. The fourth-order valence-electron chi connectivity index (χ4n) is 4.34. The van der Waals surface area contributed by atoms with Crippen molar-refractivity contribution in [1.29, 1.82) is 0 Å². The first-order chi connectivity index (χ1) is 17.1. The third kappa shape index (κ3) is 5.98. The van der Waals surface area contributed by atoms with E-state index >= 15 is 0 Å². The Morgan fingerprint density at radius 1 is 1.19 bits per heavy atom. The average molecular weight is 495 g/mol. The number of carboxylic acids is 1. The van der Waals surface area contributed by atoms with Gasteiger partial charge in [-0.1, -0.05) is 32.4 Å². The maximum Gasteiger partial charge on any atom is 0.306 e. The summed E-state index contributed by atoms with van der Waals surface area (Å²) in [6, 6.07) is 5.57. The van der Waals surface area contributed by atoms with Gasteiger partial charge in [-0.25, -0.2) is 19.6 Å². The third-order valence-electron chi connectivity index (χ3n) is 6.51. The number of hydrogen-bond acceptors (Lipinski definition) is 8. The number of nitrogens with zero attached hydrogens (tertiary/aromatic N) is 6. The zero-order chi connectivity index (χ0) is 25.9. The summed E-state index contributed by atoms with van der Waals surface area (Å²) in [6.45, 7) is 8.36. The monoisotopic (exact) mass is 494 g/mol. The van der Waals surface area contributed by atoms with Crippen molar-refractivity contribution in [2.75, 3.05) is 0 Å². The van der Waals surface area contributed by atoms with Gasteiger partial charge in [0.25, 0.3) is 0 Å². The Morgan fingerprint density at radius 2 is 1.97 bits per heavy atom. The van der Waals surface area contributed by atoms with Gasteiger partial charge in [-0.3, -0.25) is 4.79 Å². The fraction of sp³-hybridized carbons (Fsp3) is 0.538. The number of carbonyl (C=O) groups is 1. The molecule has 3 heterocycles. The summed E-state index contributed by atoms with van der Waals surface area (Å²) in [4.78, 5) is 24.8. The van der Waals surface area contributed by atoms with Crippen LogP contribution in [0.5, 0.6) is 11.6 Å².